The Morgan fingerprint density at radius 2 is 1.67 bits per heavy atom. The van der Waals surface area contributed by atoms with E-state index in [-0.39, 0.29) is 5.92 Å². The standard InChI is InChI=1S/C13H13F3N2/c14-13(15,16)11-1-3-12(4-2-11)18-7-5-10(9-17)6-8-18/h1-4,10H,5-8H2. The van der Waals surface area contributed by atoms with Crippen LogP contribution in [0.3, 0.4) is 0 Å². The van der Waals surface area contributed by atoms with Crippen LogP contribution in [-0.2, 0) is 6.18 Å². The van der Waals surface area contributed by atoms with Gasteiger partial charge in [-0.1, -0.05) is 0 Å². The fourth-order valence-corrected chi connectivity index (χ4v) is 2.13. The van der Waals surface area contributed by atoms with Crippen LogP contribution in [-0.4, -0.2) is 13.1 Å². The summed E-state index contributed by atoms with van der Waals surface area (Å²) in [7, 11) is 0. The molecule has 0 saturated carbocycles. The van der Waals surface area contributed by atoms with Crippen LogP contribution >= 0.6 is 0 Å². The Balaban J connectivity index is 2.05. The summed E-state index contributed by atoms with van der Waals surface area (Å²) in [6.07, 6.45) is -2.73. The number of halogens is 3. The molecule has 1 aliphatic rings. The Labute approximate surface area is 104 Å². The van der Waals surface area contributed by atoms with E-state index in [1.165, 1.54) is 12.1 Å². The molecule has 2 nitrogen and oxygen atoms in total. The SMILES string of the molecule is N#CC1CCN(c2ccc(C(F)(F)F)cc2)CC1. The smallest absolute Gasteiger partial charge is 0.371 e. The van der Waals surface area contributed by atoms with Gasteiger partial charge < -0.3 is 4.90 Å². The highest BCUT2D eigenvalue weighted by molar-refractivity contribution is 5.48. The third-order valence-electron chi connectivity index (χ3n) is 3.24. The zero-order valence-electron chi connectivity index (χ0n) is 9.74. The highest BCUT2D eigenvalue weighted by atomic mass is 19.4. The Bertz CT molecular complexity index is 437. The van der Waals surface area contributed by atoms with Gasteiger partial charge in [0.05, 0.1) is 11.6 Å². The van der Waals surface area contributed by atoms with Gasteiger partial charge in [0.25, 0.3) is 0 Å². The number of rotatable bonds is 1. The van der Waals surface area contributed by atoms with Gasteiger partial charge in [0.15, 0.2) is 0 Å². The Hall–Kier alpha value is -1.70. The van der Waals surface area contributed by atoms with Crippen LogP contribution in [0.4, 0.5) is 18.9 Å². The highest BCUT2D eigenvalue weighted by Crippen LogP contribution is 2.31. The summed E-state index contributed by atoms with van der Waals surface area (Å²) in [5.41, 5.74) is 0.164. The molecule has 5 heteroatoms. The normalized spacial score (nSPS) is 17.6. The second-order valence-corrected chi connectivity index (χ2v) is 4.44. The zero-order chi connectivity index (χ0) is 13.2. The molecule has 0 atom stereocenters. The summed E-state index contributed by atoms with van der Waals surface area (Å²) >= 11 is 0. The van der Waals surface area contributed by atoms with Crippen molar-refractivity contribution in [2.45, 2.75) is 19.0 Å². The molecule has 1 aromatic carbocycles. The van der Waals surface area contributed by atoms with Crippen molar-refractivity contribution >= 4 is 5.69 Å². The minimum atomic E-state index is -4.29. The third kappa shape index (κ3) is 2.76. The zero-order valence-corrected chi connectivity index (χ0v) is 9.74. The van der Waals surface area contributed by atoms with Crippen molar-refractivity contribution in [3.63, 3.8) is 0 Å². The summed E-state index contributed by atoms with van der Waals surface area (Å²) in [4.78, 5) is 2.02. The highest BCUT2D eigenvalue weighted by Gasteiger charge is 2.30. The van der Waals surface area contributed by atoms with E-state index in [0.717, 1.165) is 43.8 Å². The first-order chi connectivity index (χ1) is 8.50. The lowest BCUT2D eigenvalue weighted by Crippen LogP contribution is -2.33. The molecule has 0 aliphatic carbocycles. The molecule has 0 spiro atoms. The molecule has 0 unspecified atom stereocenters. The molecular formula is C13H13F3N2. The predicted molar refractivity (Wildman–Crippen MR) is 62.0 cm³/mol. The molecule has 2 rings (SSSR count). The first-order valence-electron chi connectivity index (χ1n) is 5.82. The van der Waals surface area contributed by atoms with Gasteiger partial charge in [-0.15, -0.1) is 0 Å². The topological polar surface area (TPSA) is 27.0 Å². The number of nitrogens with zero attached hydrogens (tertiary/aromatic N) is 2. The molecule has 0 aromatic heterocycles. The van der Waals surface area contributed by atoms with Crippen LogP contribution in [0.5, 0.6) is 0 Å². The van der Waals surface area contributed by atoms with E-state index in [4.69, 9.17) is 5.26 Å². The number of hydrogen-bond donors (Lipinski definition) is 0. The fraction of sp³-hybridized carbons (Fsp3) is 0.462. The summed E-state index contributed by atoms with van der Waals surface area (Å²) < 4.78 is 37.2. The van der Waals surface area contributed by atoms with Crippen LogP contribution in [0, 0.1) is 17.2 Å². The van der Waals surface area contributed by atoms with E-state index < -0.39 is 11.7 Å². The largest absolute Gasteiger partial charge is 0.416 e. The molecule has 1 fully saturated rings. The first kappa shape index (κ1) is 12.7. The van der Waals surface area contributed by atoms with Crippen molar-refractivity contribution in [3.8, 4) is 6.07 Å². The van der Waals surface area contributed by atoms with Gasteiger partial charge in [-0.25, -0.2) is 0 Å². The fourth-order valence-electron chi connectivity index (χ4n) is 2.13. The third-order valence-corrected chi connectivity index (χ3v) is 3.24. The molecule has 1 aromatic rings. The molecule has 96 valence electrons. The van der Waals surface area contributed by atoms with E-state index in [1.54, 1.807) is 0 Å². The van der Waals surface area contributed by atoms with Gasteiger partial charge in [0, 0.05) is 24.7 Å². The van der Waals surface area contributed by atoms with E-state index in [0.29, 0.717) is 0 Å². The second kappa shape index (κ2) is 4.89. The van der Waals surface area contributed by atoms with Gasteiger partial charge in [0.2, 0.25) is 0 Å². The van der Waals surface area contributed by atoms with Gasteiger partial charge in [0.1, 0.15) is 0 Å². The number of nitriles is 1. The van der Waals surface area contributed by atoms with E-state index >= 15 is 0 Å². The summed E-state index contributed by atoms with van der Waals surface area (Å²) in [6, 6.07) is 7.43. The number of piperidine rings is 1. The lowest BCUT2D eigenvalue weighted by molar-refractivity contribution is -0.137. The number of benzene rings is 1. The van der Waals surface area contributed by atoms with Crippen molar-refractivity contribution in [1.29, 1.82) is 5.26 Å². The first-order valence-corrected chi connectivity index (χ1v) is 5.82. The number of hydrogen-bond acceptors (Lipinski definition) is 2. The molecule has 0 bridgehead atoms. The van der Waals surface area contributed by atoms with Crippen molar-refractivity contribution in [3.05, 3.63) is 29.8 Å². The number of alkyl halides is 3. The van der Waals surface area contributed by atoms with Crippen LogP contribution in [0.1, 0.15) is 18.4 Å². The van der Waals surface area contributed by atoms with E-state index in [2.05, 4.69) is 6.07 Å². The maximum Gasteiger partial charge on any atom is 0.416 e. The Morgan fingerprint density at radius 1 is 1.11 bits per heavy atom. The molecule has 1 aliphatic heterocycles. The molecule has 0 amide bonds. The Morgan fingerprint density at radius 3 is 2.11 bits per heavy atom. The lowest BCUT2D eigenvalue weighted by Gasteiger charge is -2.31. The van der Waals surface area contributed by atoms with Crippen LogP contribution in [0.25, 0.3) is 0 Å². The summed E-state index contributed by atoms with van der Waals surface area (Å²) in [6.45, 7) is 1.45. The second-order valence-electron chi connectivity index (χ2n) is 4.44. The summed E-state index contributed by atoms with van der Waals surface area (Å²) in [5, 5.41) is 8.78. The Kier molecular flexibility index (Phi) is 3.46. The maximum atomic E-state index is 12.4. The van der Waals surface area contributed by atoms with Crippen LogP contribution in [0.15, 0.2) is 24.3 Å². The minimum Gasteiger partial charge on any atom is -0.371 e. The van der Waals surface area contributed by atoms with Crippen molar-refractivity contribution in [1.82, 2.24) is 0 Å². The van der Waals surface area contributed by atoms with Gasteiger partial charge in [-0.05, 0) is 37.1 Å². The molecule has 0 N–H and O–H groups in total. The van der Waals surface area contributed by atoms with Crippen molar-refractivity contribution in [2.75, 3.05) is 18.0 Å². The van der Waals surface area contributed by atoms with Gasteiger partial charge in [-0.2, -0.15) is 18.4 Å². The minimum absolute atomic E-state index is 0.0794. The lowest BCUT2D eigenvalue weighted by atomic mass is 9.98. The average molecular weight is 254 g/mol. The monoisotopic (exact) mass is 254 g/mol. The molecule has 0 radical (unpaired) electrons. The molecule has 1 saturated heterocycles. The van der Waals surface area contributed by atoms with Crippen molar-refractivity contribution < 1.29 is 13.2 Å². The predicted octanol–water partition coefficient (Wildman–Crippen LogP) is 3.45. The van der Waals surface area contributed by atoms with Crippen molar-refractivity contribution in [2.24, 2.45) is 5.92 Å². The number of anilines is 1. The molecular weight excluding hydrogens is 241 g/mol. The average Bonchev–Trinajstić information content (AvgIpc) is 2.38. The van der Waals surface area contributed by atoms with Crippen LogP contribution in [0.2, 0.25) is 0 Å². The molecule has 18 heavy (non-hydrogen) atoms. The van der Waals surface area contributed by atoms with Crippen LogP contribution < -0.4 is 4.90 Å². The quantitative estimate of drug-likeness (QED) is 0.767. The van der Waals surface area contributed by atoms with E-state index in [1.807, 2.05) is 4.90 Å². The van der Waals surface area contributed by atoms with E-state index in [9.17, 15) is 13.2 Å². The maximum absolute atomic E-state index is 12.4. The van der Waals surface area contributed by atoms with Gasteiger partial charge >= 0.3 is 6.18 Å². The van der Waals surface area contributed by atoms with Gasteiger partial charge in [-0.3, -0.25) is 0 Å². The summed E-state index contributed by atoms with van der Waals surface area (Å²) in [5.74, 6) is 0.0794. The molecule has 1 heterocycles.